The van der Waals surface area contributed by atoms with Crippen LogP contribution < -0.4 is 10.6 Å². The number of hydrogen-bond acceptors (Lipinski definition) is 4. The van der Waals surface area contributed by atoms with Gasteiger partial charge in [-0.3, -0.25) is 9.59 Å². The number of nitrogens with one attached hydrogen (secondary N) is 3. The Labute approximate surface area is 168 Å². The van der Waals surface area contributed by atoms with Crippen molar-refractivity contribution in [2.24, 2.45) is 0 Å². The minimum Gasteiger partial charge on any atom is -0.450 e. The molecule has 0 saturated heterocycles. The van der Waals surface area contributed by atoms with E-state index in [1.807, 2.05) is 30.5 Å². The zero-order valence-corrected chi connectivity index (χ0v) is 16.3. The summed E-state index contributed by atoms with van der Waals surface area (Å²) in [6, 6.07) is 13.6. The van der Waals surface area contributed by atoms with E-state index in [4.69, 9.17) is 4.74 Å². The SMILES string of the molecule is CCOC(=O)NC(Cc1c[nH]c2ccccc12)C(=O)Nc1cccc(C(C)=O)c1. The molecular formula is C22H23N3O4. The number of ketones is 1. The second-order valence-corrected chi connectivity index (χ2v) is 6.61. The number of carbonyl (C=O) groups is 3. The average molecular weight is 393 g/mol. The first-order valence-electron chi connectivity index (χ1n) is 9.38. The Morgan fingerprint density at radius 3 is 2.66 bits per heavy atom. The van der Waals surface area contributed by atoms with Crippen LogP contribution in [-0.2, 0) is 16.0 Å². The molecule has 0 aliphatic heterocycles. The maximum absolute atomic E-state index is 12.9. The number of amides is 2. The minimum atomic E-state index is -0.853. The van der Waals surface area contributed by atoms with Crippen LogP contribution in [0.5, 0.6) is 0 Å². The summed E-state index contributed by atoms with van der Waals surface area (Å²) in [6.45, 7) is 3.36. The van der Waals surface area contributed by atoms with Crippen LogP contribution in [0, 0.1) is 0 Å². The van der Waals surface area contributed by atoms with Gasteiger partial charge < -0.3 is 20.4 Å². The minimum absolute atomic E-state index is 0.0962. The van der Waals surface area contributed by atoms with E-state index < -0.39 is 18.0 Å². The summed E-state index contributed by atoms with van der Waals surface area (Å²) >= 11 is 0. The highest BCUT2D eigenvalue weighted by molar-refractivity contribution is 5.99. The maximum atomic E-state index is 12.9. The van der Waals surface area contributed by atoms with Gasteiger partial charge >= 0.3 is 6.09 Å². The van der Waals surface area contributed by atoms with Crippen LogP contribution in [-0.4, -0.2) is 35.4 Å². The van der Waals surface area contributed by atoms with E-state index in [-0.39, 0.29) is 18.8 Å². The molecule has 7 nitrogen and oxygen atoms in total. The van der Waals surface area contributed by atoms with Crippen molar-refractivity contribution >= 4 is 34.4 Å². The molecule has 0 spiro atoms. The molecule has 1 aromatic heterocycles. The third-order valence-corrected chi connectivity index (χ3v) is 4.52. The number of aromatic nitrogens is 1. The van der Waals surface area contributed by atoms with Crippen molar-refractivity contribution in [2.45, 2.75) is 26.3 Å². The van der Waals surface area contributed by atoms with Crippen LogP contribution in [0.4, 0.5) is 10.5 Å². The largest absolute Gasteiger partial charge is 0.450 e. The molecule has 0 aliphatic rings. The van der Waals surface area contributed by atoms with Crippen molar-refractivity contribution in [2.75, 3.05) is 11.9 Å². The summed E-state index contributed by atoms with van der Waals surface area (Å²) in [5.41, 5.74) is 2.83. The third kappa shape index (κ3) is 5.01. The predicted molar refractivity (Wildman–Crippen MR) is 111 cm³/mol. The molecule has 29 heavy (non-hydrogen) atoms. The number of hydrogen-bond donors (Lipinski definition) is 3. The van der Waals surface area contributed by atoms with Gasteiger partial charge in [-0.2, -0.15) is 0 Å². The van der Waals surface area contributed by atoms with E-state index in [1.54, 1.807) is 31.2 Å². The molecule has 0 bridgehead atoms. The lowest BCUT2D eigenvalue weighted by atomic mass is 10.0. The summed E-state index contributed by atoms with van der Waals surface area (Å²) in [4.78, 5) is 39.6. The van der Waals surface area contributed by atoms with Gasteiger partial charge in [0.15, 0.2) is 5.78 Å². The van der Waals surface area contributed by atoms with Crippen LogP contribution in [0.15, 0.2) is 54.7 Å². The Hall–Kier alpha value is -3.61. The van der Waals surface area contributed by atoms with Gasteiger partial charge in [0.25, 0.3) is 0 Å². The third-order valence-electron chi connectivity index (χ3n) is 4.52. The fraction of sp³-hybridized carbons (Fsp3) is 0.227. The number of fused-ring (bicyclic) bond motifs is 1. The van der Waals surface area contributed by atoms with E-state index in [1.165, 1.54) is 6.92 Å². The van der Waals surface area contributed by atoms with Crippen molar-refractivity contribution in [3.05, 3.63) is 65.9 Å². The Bertz CT molecular complexity index is 1040. The Kier molecular flexibility index (Phi) is 6.29. The first-order chi connectivity index (χ1) is 14.0. The number of alkyl carbamates (subject to hydrolysis) is 1. The van der Waals surface area contributed by atoms with Gasteiger partial charge in [0.1, 0.15) is 6.04 Å². The summed E-state index contributed by atoms with van der Waals surface area (Å²) in [6.07, 6.45) is 1.44. The zero-order valence-electron chi connectivity index (χ0n) is 16.3. The lowest BCUT2D eigenvalue weighted by Crippen LogP contribution is -2.45. The van der Waals surface area contributed by atoms with Crippen molar-refractivity contribution in [1.82, 2.24) is 10.3 Å². The van der Waals surface area contributed by atoms with E-state index in [0.29, 0.717) is 11.3 Å². The number of ether oxygens (including phenoxy) is 1. The molecule has 3 rings (SSSR count). The van der Waals surface area contributed by atoms with Crippen molar-refractivity contribution in [3.8, 4) is 0 Å². The molecular weight excluding hydrogens is 370 g/mol. The fourth-order valence-corrected chi connectivity index (χ4v) is 3.09. The highest BCUT2D eigenvalue weighted by Crippen LogP contribution is 2.20. The molecule has 150 valence electrons. The molecule has 1 atom stereocenters. The number of Topliss-reactive ketones (excluding diaryl/α,β-unsaturated/α-hetero) is 1. The molecule has 0 fully saturated rings. The number of para-hydroxylation sites is 1. The number of anilines is 1. The second kappa shape index (κ2) is 9.05. The normalized spacial score (nSPS) is 11.7. The highest BCUT2D eigenvalue weighted by Gasteiger charge is 2.23. The van der Waals surface area contributed by atoms with Gasteiger partial charge in [-0.15, -0.1) is 0 Å². The molecule has 0 aliphatic carbocycles. The molecule has 2 aromatic carbocycles. The lowest BCUT2D eigenvalue weighted by Gasteiger charge is -2.18. The van der Waals surface area contributed by atoms with E-state index in [9.17, 15) is 14.4 Å². The first kappa shape index (κ1) is 20.1. The molecule has 1 unspecified atom stereocenters. The molecule has 0 saturated carbocycles. The predicted octanol–water partition coefficient (Wildman–Crippen LogP) is 3.67. The first-order valence-corrected chi connectivity index (χ1v) is 9.38. The van der Waals surface area contributed by atoms with Gasteiger partial charge in [0.2, 0.25) is 5.91 Å². The molecule has 7 heteroatoms. The van der Waals surface area contributed by atoms with E-state index in [2.05, 4.69) is 15.6 Å². The van der Waals surface area contributed by atoms with Gasteiger partial charge in [-0.25, -0.2) is 4.79 Å². The lowest BCUT2D eigenvalue weighted by molar-refractivity contribution is -0.118. The number of rotatable bonds is 7. The molecule has 0 radical (unpaired) electrons. The number of benzene rings is 2. The van der Waals surface area contributed by atoms with Crippen LogP contribution >= 0.6 is 0 Å². The summed E-state index contributed by atoms with van der Waals surface area (Å²) in [7, 11) is 0. The van der Waals surface area contributed by atoms with Crippen LogP contribution in [0.25, 0.3) is 10.9 Å². The summed E-state index contributed by atoms with van der Waals surface area (Å²) in [5, 5.41) is 6.38. The van der Waals surface area contributed by atoms with Gasteiger partial charge in [0.05, 0.1) is 6.61 Å². The Morgan fingerprint density at radius 1 is 1.10 bits per heavy atom. The van der Waals surface area contributed by atoms with Crippen molar-refractivity contribution in [3.63, 3.8) is 0 Å². The summed E-state index contributed by atoms with van der Waals surface area (Å²) in [5.74, 6) is -0.495. The van der Waals surface area contributed by atoms with Crippen molar-refractivity contribution in [1.29, 1.82) is 0 Å². The maximum Gasteiger partial charge on any atom is 0.407 e. The van der Waals surface area contributed by atoms with Crippen molar-refractivity contribution < 1.29 is 19.1 Å². The zero-order chi connectivity index (χ0) is 20.8. The number of carbonyl (C=O) groups excluding carboxylic acids is 3. The number of aromatic amines is 1. The standard InChI is InChI=1S/C22H23N3O4/c1-3-29-22(28)25-20(12-16-13-23-19-10-5-4-9-18(16)19)21(27)24-17-8-6-7-15(11-17)14(2)26/h4-11,13,20,23H,3,12H2,1-2H3,(H,24,27)(H,25,28). The molecule has 2 amide bonds. The van der Waals surface area contributed by atoms with E-state index >= 15 is 0 Å². The van der Waals surface area contributed by atoms with Crippen LogP contribution in [0.1, 0.15) is 29.8 Å². The smallest absolute Gasteiger partial charge is 0.407 e. The van der Waals surface area contributed by atoms with Crippen LogP contribution in [0.3, 0.4) is 0 Å². The monoisotopic (exact) mass is 393 g/mol. The van der Waals surface area contributed by atoms with Crippen LogP contribution in [0.2, 0.25) is 0 Å². The summed E-state index contributed by atoms with van der Waals surface area (Å²) < 4.78 is 4.95. The molecule has 1 heterocycles. The van der Waals surface area contributed by atoms with Gasteiger partial charge in [-0.1, -0.05) is 30.3 Å². The molecule has 3 aromatic rings. The van der Waals surface area contributed by atoms with Gasteiger partial charge in [0, 0.05) is 34.8 Å². The van der Waals surface area contributed by atoms with E-state index in [0.717, 1.165) is 16.5 Å². The Balaban J connectivity index is 1.82. The molecule has 3 N–H and O–H groups in total. The average Bonchev–Trinajstić information content (AvgIpc) is 3.11. The quantitative estimate of drug-likeness (QED) is 0.533. The van der Waals surface area contributed by atoms with Gasteiger partial charge in [-0.05, 0) is 37.6 Å². The highest BCUT2D eigenvalue weighted by atomic mass is 16.5. The topological polar surface area (TPSA) is 100 Å². The number of H-pyrrole nitrogens is 1. The fourth-order valence-electron chi connectivity index (χ4n) is 3.09. The Morgan fingerprint density at radius 2 is 1.90 bits per heavy atom. The second-order valence-electron chi connectivity index (χ2n) is 6.61.